The van der Waals surface area contributed by atoms with Crippen molar-refractivity contribution in [3.63, 3.8) is 0 Å². The summed E-state index contributed by atoms with van der Waals surface area (Å²) in [5.74, 6) is 0.728. The zero-order valence-corrected chi connectivity index (χ0v) is 11.7. The van der Waals surface area contributed by atoms with Crippen molar-refractivity contribution < 1.29 is 4.74 Å². The van der Waals surface area contributed by atoms with Crippen molar-refractivity contribution in [2.24, 2.45) is 0 Å². The summed E-state index contributed by atoms with van der Waals surface area (Å²) < 4.78 is 5.42. The summed E-state index contributed by atoms with van der Waals surface area (Å²) in [6, 6.07) is 3.97. The molecule has 6 heteroatoms. The molecule has 0 N–H and O–H groups in total. The number of hydrogen-bond acceptors (Lipinski definition) is 6. The van der Waals surface area contributed by atoms with Crippen LogP contribution in [0.4, 0.5) is 0 Å². The van der Waals surface area contributed by atoms with E-state index in [4.69, 9.17) is 4.74 Å². The van der Waals surface area contributed by atoms with Gasteiger partial charge in [-0.05, 0) is 26.0 Å². The first-order valence-electron chi connectivity index (χ1n) is 5.79. The Labute approximate surface area is 114 Å². The summed E-state index contributed by atoms with van der Waals surface area (Å²) >= 11 is 1.56. The normalized spacial score (nSPS) is 10.9. The molecule has 1 aromatic carbocycles. The first-order chi connectivity index (χ1) is 9.19. The van der Waals surface area contributed by atoms with Crippen LogP contribution in [-0.4, -0.2) is 27.3 Å². The van der Waals surface area contributed by atoms with E-state index in [1.807, 2.05) is 26.0 Å². The van der Waals surface area contributed by atoms with E-state index in [-0.39, 0.29) is 0 Å². The number of rotatable bonds is 2. The topological polar surface area (TPSA) is 60.8 Å². The van der Waals surface area contributed by atoms with Crippen LogP contribution in [-0.2, 0) is 0 Å². The predicted octanol–water partition coefficient (Wildman–Crippen LogP) is 2.77. The summed E-state index contributed by atoms with van der Waals surface area (Å²) in [6.45, 7) is 3.90. The van der Waals surface area contributed by atoms with Gasteiger partial charge in [-0.15, -0.1) is 10.2 Å². The summed E-state index contributed by atoms with van der Waals surface area (Å²) in [5, 5.41) is 11.0. The lowest BCUT2D eigenvalue weighted by Crippen LogP contribution is -1.93. The number of aryl methyl sites for hydroxylation is 2. The Kier molecular flexibility index (Phi) is 2.87. The van der Waals surface area contributed by atoms with Gasteiger partial charge in [-0.2, -0.15) is 0 Å². The minimum absolute atomic E-state index is 0.728. The molecule has 0 atom stereocenters. The quantitative estimate of drug-likeness (QED) is 0.718. The fourth-order valence-electron chi connectivity index (χ4n) is 1.95. The van der Waals surface area contributed by atoms with Crippen molar-refractivity contribution in [2.45, 2.75) is 13.8 Å². The van der Waals surface area contributed by atoms with E-state index in [0.29, 0.717) is 0 Å². The van der Waals surface area contributed by atoms with Crippen molar-refractivity contribution in [1.29, 1.82) is 0 Å². The van der Waals surface area contributed by atoms with Gasteiger partial charge in [-0.3, -0.25) is 0 Å². The standard InChI is InChI=1S/C13H12N4OS/c1-7-10-4-9(13-17-16-8(2)19-13)5-11(18-3)12(10)15-6-14-7/h4-6H,1-3H3. The molecular formula is C13H12N4OS. The van der Waals surface area contributed by atoms with Crippen LogP contribution in [0.3, 0.4) is 0 Å². The molecule has 0 fully saturated rings. The lowest BCUT2D eigenvalue weighted by molar-refractivity contribution is 0.419. The SMILES string of the molecule is COc1cc(-c2nnc(C)s2)cc2c(C)ncnc12. The third-order valence-electron chi connectivity index (χ3n) is 2.90. The Bertz CT molecular complexity index is 753. The lowest BCUT2D eigenvalue weighted by Gasteiger charge is -2.08. The molecule has 0 amide bonds. The fraction of sp³-hybridized carbons (Fsp3) is 0.231. The third-order valence-corrected chi connectivity index (χ3v) is 3.78. The average Bonchev–Trinajstić information content (AvgIpc) is 2.85. The zero-order valence-electron chi connectivity index (χ0n) is 10.8. The molecule has 0 bridgehead atoms. The minimum Gasteiger partial charge on any atom is -0.494 e. The molecule has 0 spiro atoms. The molecule has 19 heavy (non-hydrogen) atoms. The Morgan fingerprint density at radius 2 is 1.95 bits per heavy atom. The average molecular weight is 272 g/mol. The Hall–Kier alpha value is -2.08. The van der Waals surface area contributed by atoms with Crippen molar-refractivity contribution in [3.8, 4) is 16.3 Å². The molecule has 0 aliphatic carbocycles. The van der Waals surface area contributed by atoms with Crippen LogP contribution >= 0.6 is 11.3 Å². The Morgan fingerprint density at radius 1 is 1.11 bits per heavy atom. The molecule has 3 rings (SSSR count). The number of aromatic nitrogens is 4. The maximum atomic E-state index is 5.42. The van der Waals surface area contributed by atoms with E-state index in [9.17, 15) is 0 Å². The molecule has 96 valence electrons. The van der Waals surface area contributed by atoms with E-state index in [0.717, 1.165) is 37.9 Å². The highest BCUT2D eigenvalue weighted by Crippen LogP contribution is 2.33. The van der Waals surface area contributed by atoms with E-state index in [2.05, 4.69) is 20.2 Å². The molecule has 0 saturated carbocycles. The van der Waals surface area contributed by atoms with Gasteiger partial charge in [0.15, 0.2) is 0 Å². The van der Waals surface area contributed by atoms with E-state index in [1.165, 1.54) is 0 Å². The van der Waals surface area contributed by atoms with Crippen molar-refractivity contribution in [1.82, 2.24) is 20.2 Å². The van der Waals surface area contributed by atoms with Gasteiger partial charge in [0, 0.05) is 16.6 Å². The van der Waals surface area contributed by atoms with Gasteiger partial charge in [0.1, 0.15) is 27.6 Å². The predicted molar refractivity (Wildman–Crippen MR) is 74.5 cm³/mol. The smallest absolute Gasteiger partial charge is 0.147 e. The van der Waals surface area contributed by atoms with Crippen molar-refractivity contribution in [3.05, 3.63) is 29.2 Å². The number of ether oxygens (including phenoxy) is 1. The molecule has 0 aliphatic heterocycles. The second-order valence-electron chi connectivity index (χ2n) is 4.16. The second-order valence-corrected chi connectivity index (χ2v) is 5.34. The fourth-order valence-corrected chi connectivity index (χ4v) is 2.63. The molecule has 0 radical (unpaired) electrons. The lowest BCUT2D eigenvalue weighted by atomic mass is 10.1. The highest BCUT2D eigenvalue weighted by atomic mass is 32.1. The maximum absolute atomic E-state index is 5.42. The molecule has 3 aromatic rings. The monoisotopic (exact) mass is 272 g/mol. The maximum Gasteiger partial charge on any atom is 0.147 e. The van der Waals surface area contributed by atoms with Crippen LogP contribution in [0.2, 0.25) is 0 Å². The number of methoxy groups -OCH3 is 1. The Morgan fingerprint density at radius 3 is 2.63 bits per heavy atom. The van der Waals surface area contributed by atoms with Crippen LogP contribution in [0.1, 0.15) is 10.7 Å². The van der Waals surface area contributed by atoms with Gasteiger partial charge in [-0.25, -0.2) is 9.97 Å². The zero-order chi connectivity index (χ0) is 13.4. The molecule has 0 unspecified atom stereocenters. The summed E-state index contributed by atoms with van der Waals surface area (Å²) in [4.78, 5) is 8.51. The van der Waals surface area contributed by atoms with Gasteiger partial charge in [-0.1, -0.05) is 11.3 Å². The first-order valence-corrected chi connectivity index (χ1v) is 6.60. The Balaban J connectivity index is 2.30. The number of fused-ring (bicyclic) bond motifs is 1. The van der Waals surface area contributed by atoms with Gasteiger partial charge in [0.2, 0.25) is 0 Å². The van der Waals surface area contributed by atoms with Crippen molar-refractivity contribution in [2.75, 3.05) is 7.11 Å². The van der Waals surface area contributed by atoms with Gasteiger partial charge in [0.05, 0.1) is 7.11 Å². The summed E-state index contributed by atoms with van der Waals surface area (Å²) in [5.41, 5.74) is 2.72. The van der Waals surface area contributed by atoms with Crippen LogP contribution in [0, 0.1) is 13.8 Å². The number of hydrogen-bond donors (Lipinski definition) is 0. The van der Waals surface area contributed by atoms with E-state index in [1.54, 1.807) is 24.8 Å². The molecular weight excluding hydrogens is 260 g/mol. The van der Waals surface area contributed by atoms with Crippen LogP contribution in [0.15, 0.2) is 18.5 Å². The minimum atomic E-state index is 0.728. The van der Waals surface area contributed by atoms with Crippen LogP contribution in [0.25, 0.3) is 21.5 Å². The molecule has 2 heterocycles. The van der Waals surface area contributed by atoms with Crippen LogP contribution in [0.5, 0.6) is 5.75 Å². The molecule has 2 aromatic heterocycles. The highest BCUT2D eigenvalue weighted by molar-refractivity contribution is 7.14. The van der Waals surface area contributed by atoms with Crippen LogP contribution < -0.4 is 4.74 Å². The number of nitrogens with zero attached hydrogens (tertiary/aromatic N) is 4. The van der Waals surface area contributed by atoms with E-state index < -0.39 is 0 Å². The highest BCUT2D eigenvalue weighted by Gasteiger charge is 2.12. The van der Waals surface area contributed by atoms with E-state index >= 15 is 0 Å². The van der Waals surface area contributed by atoms with Gasteiger partial charge in [0.25, 0.3) is 0 Å². The summed E-state index contributed by atoms with van der Waals surface area (Å²) in [7, 11) is 1.64. The largest absolute Gasteiger partial charge is 0.494 e. The first kappa shape index (κ1) is 12.0. The van der Waals surface area contributed by atoms with Gasteiger partial charge < -0.3 is 4.74 Å². The second kappa shape index (κ2) is 4.55. The third kappa shape index (κ3) is 2.04. The molecule has 0 saturated heterocycles. The summed E-state index contributed by atoms with van der Waals surface area (Å²) in [6.07, 6.45) is 1.55. The molecule has 5 nitrogen and oxygen atoms in total. The van der Waals surface area contributed by atoms with Gasteiger partial charge >= 0.3 is 0 Å². The number of benzene rings is 1. The molecule has 0 aliphatic rings. The van der Waals surface area contributed by atoms with Crippen molar-refractivity contribution >= 4 is 22.2 Å².